The average Bonchev–Trinajstić information content (AvgIpc) is 2.87. The van der Waals surface area contributed by atoms with Gasteiger partial charge in [-0.25, -0.2) is 0 Å². The smallest absolute Gasteiger partial charge is 0.167 e. The SMILES string of the molecule is CCSc1ccc(Cl)cc1-c1cc2ccccn2c1C=O. The van der Waals surface area contributed by atoms with Crippen LogP contribution in [0.1, 0.15) is 17.4 Å². The Hall–Kier alpha value is -1.71. The monoisotopic (exact) mass is 315 g/mol. The number of hydrogen-bond acceptors (Lipinski definition) is 2. The second-order valence-corrected chi connectivity index (χ2v) is 6.37. The van der Waals surface area contributed by atoms with Crippen molar-refractivity contribution in [3.63, 3.8) is 0 Å². The molecule has 0 saturated heterocycles. The van der Waals surface area contributed by atoms with Crippen LogP contribution in [0, 0.1) is 0 Å². The molecule has 0 amide bonds. The molecule has 21 heavy (non-hydrogen) atoms. The molecular weight excluding hydrogens is 302 g/mol. The second kappa shape index (κ2) is 5.96. The molecule has 0 saturated carbocycles. The van der Waals surface area contributed by atoms with Gasteiger partial charge in [0.15, 0.2) is 6.29 Å². The number of hydrogen-bond donors (Lipinski definition) is 0. The van der Waals surface area contributed by atoms with E-state index in [4.69, 9.17) is 11.6 Å². The second-order valence-electron chi connectivity index (χ2n) is 4.63. The number of aldehydes is 1. The van der Waals surface area contributed by atoms with Gasteiger partial charge < -0.3 is 4.40 Å². The van der Waals surface area contributed by atoms with Crippen LogP contribution in [0.25, 0.3) is 16.6 Å². The predicted molar refractivity (Wildman–Crippen MR) is 89.6 cm³/mol. The van der Waals surface area contributed by atoms with E-state index < -0.39 is 0 Å². The highest BCUT2D eigenvalue weighted by molar-refractivity contribution is 7.99. The zero-order chi connectivity index (χ0) is 14.8. The van der Waals surface area contributed by atoms with Crippen molar-refractivity contribution < 1.29 is 4.79 Å². The topological polar surface area (TPSA) is 21.5 Å². The molecule has 3 aromatic rings. The summed E-state index contributed by atoms with van der Waals surface area (Å²) < 4.78 is 1.91. The predicted octanol–water partition coefficient (Wildman–Crippen LogP) is 5.18. The number of carbonyl (C=O) groups excluding carboxylic acids is 1. The third-order valence-electron chi connectivity index (χ3n) is 3.36. The van der Waals surface area contributed by atoms with E-state index in [2.05, 4.69) is 6.92 Å². The number of pyridine rings is 1. The van der Waals surface area contributed by atoms with E-state index in [0.29, 0.717) is 10.7 Å². The molecule has 106 valence electrons. The van der Waals surface area contributed by atoms with E-state index in [0.717, 1.165) is 33.6 Å². The molecule has 0 atom stereocenters. The van der Waals surface area contributed by atoms with Gasteiger partial charge in [-0.2, -0.15) is 0 Å². The Balaban J connectivity index is 2.29. The first-order chi connectivity index (χ1) is 10.2. The van der Waals surface area contributed by atoms with E-state index in [1.165, 1.54) is 0 Å². The lowest BCUT2D eigenvalue weighted by molar-refractivity contribution is 0.111. The number of halogens is 1. The fourth-order valence-corrected chi connectivity index (χ4v) is 3.45. The first-order valence-electron chi connectivity index (χ1n) is 6.72. The summed E-state index contributed by atoms with van der Waals surface area (Å²) in [5.74, 6) is 0.971. The molecule has 0 spiro atoms. The molecule has 2 aromatic heterocycles. The van der Waals surface area contributed by atoms with Gasteiger partial charge in [0.05, 0.1) is 5.69 Å². The molecule has 2 nitrogen and oxygen atoms in total. The van der Waals surface area contributed by atoms with Gasteiger partial charge in [0.25, 0.3) is 0 Å². The first-order valence-corrected chi connectivity index (χ1v) is 8.09. The molecule has 4 heteroatoms. The van der Waals surface area contributed by atoms with Gasteiger partial charge in [0.1, 0.15) is 0 Å². The molecule has 2 heterocycles. The largest absolute Gasteiger partial charge is 0.314 e. The fraction of sp³-hybridized carbons (Fsp3) is 0.118. The van der Waals surface area contributed by atoms with E-state index in [1.807, 2.05) is 53.1 Å². The maximum absolute atomic E-state index is 11.6. The van der Waals surface area contributed by atoms with Crippen LogP contribution in [0.15, 0.2) is 53.6 Å². The van der Waals surface area contributed by atoms with E-state index in [9.17, 15) is 4.79 Å². The molecular formula is C17H14ClNOS. The number of benzene rings is 1. The Morgan fingerprint density at radius 1 is 1.19 bits per heavy atom. The minimum absolute atomic E-state index is 0.658. The van der Waals surface area contributed by atoms with Crippen LogP contribution < -0.4 is 0 Å². The van der Waals surface area contributed by atoms with Crippen LogP contribution in [-0.4, -0.2) is 16.4 Å². The maximum Gasteiger partial charge on any atom is 0.167 e. The van der Waals surface area contributed by atoms with Crippen molar-refractivity contribution in [1.82, 2.24) is 4.40 Å². The van der Waals surface area contributed by atoms with Gasteiger partial charge in [-0.15, -0.1) is 11.8 Å². The van der Waals surface area contributed by atoms with Gasteiger partial charge in [0.2, 0.25) is 0 Å². The molecule has 1 aromatic carbocycles. The third-order valence-corrected chi connectivity index (χ3v) is 4.55. The highest BCUT2D eigenvalue weighted by Crippen LogP contribution is 2.36. The van der Waals surface area contributed by atoms with Gasteiger partial charge >= 0.3 is 0 Å². The minimum Gasteiger partial charge on any atom is -0.314 e. The van der Waals surface area contributed by atoms with Crippen molar-refractivity contribution in [3.05, 3.63) is 59.4 Å². The highest BCUT2D eigenvalue weighted by atomic mass is 35.5. The van der Waals surface area contributed by atoms with Crippen molar-refractivity contribution in [2.24, 2.45) is 0 Å². The van der Waals surface area contributed by atoms with Crippen LogP contribution in [-0.2, 0) is 0 Å². The summed E-state index contributed by atoms with van der Waals surface area (Å²) in [4.78, 5) is 12.7. The molecule has 0 radical (unpaired) electrons. The number of aromatic nitrogens is 1. The summed E-state index contributed by atoms with van der Waals surface area (Å²) in [7, 11) is 0. The third kappa shape index (κ3) is 2.59. The summed E-state index contributed by atoms with van der Waals surface area (Å²) in [5.41, 5.74) is 3.60. The number of nitrogens with zero attached hydrogens (tertiary/aromatic N) is 1. The van der Waals surface area contributed by atoms with Crippen molar-refractivity contribution >= 4 is 35.2 Å². The van der Waals surface area contributed by atoms with Crippen LogP contribution in [0.5, 0.6) is 0 Å². The normalized spacial score (nSPS) is 11.0. The Kier molecular flexibility index (Phi) is 4.04. The van der Waals surface area contributed by atoms with Crippen LogP contribution in [0.4, 0.5) is 0 Å². The molecule has 0 aliphatic carbocycles. The van der Waals surface area contributed by atoms with E-state index in [1.54, 1.807) is 11.8 Å². The van der Waals surface area contributed by atoms with Crippen LogP contribution >= 0.6 is 23.4 Å². The first kappa shape index (κ1) is 14.2. The standard InChI is InChI=1S/C17H14ClNOS/c1-2-21-17-7-6-12(18)9-15(17)14-10-13-5-3-4-8-19(13)16(14)11-20/h3-11H,2H2,1H3. The van der Waals surface area contributed by atoms with Crippen LogP contribution in [0.3, 0.4) is 0 Å². The number of rotatable bonds is 4. The molecule has 0 aliphatic rings. The lowest BCUT2D eigenvalue weighted by atomic mass is 10.1. The number of thioether (sulfide) groups is 1. The van der Waals surface area contributed by atoms with E-state index >= 15 is 0 Å². The Bertz CT molecular complexity index is 810. The summed E-state index contributed by atoms with van der Waals surface area (Å²) in [6.07, 6.45) is 2.81. The summed E-state index contributed by atoms with van der Waals surface area (Å²) in [6, 6.07) is 13.8. The van der Waals surface area contributed by atoms with Gasteiger partial charge in [-0.3, -0.25) is 4.79 Å². The molecule has 0 N–H and O–H groups in total. The van der Waals surface area contributed by atoms with Crippen molar-refractivity contribution in [3.8, 4) is 11.1 Å². The summed E-state index contributed by atoms with van der Waals surface area (Å²) in [5, 5.41) is 0.678. The maximum atomic E-state index is 11.6. The molecule has 0 fully saturated rings. The Labute approximate surface area is 132 Å². The average molecular weight is 316 g/mol. The summed E-state index contributed by atoms with van der Waals surface area (Å²) >= 11 is 7.91. The van der Waals surface area contributed by atoms with Crippen molar-refractivity contribution in [1.29, 1.82) is 0 Å². The molecule has 0 unspecified atom stereocenters. The minimum atomic E-state index is 0.658. The van der Waals surface area contributed by atoms with Crippen molar-refractivity contribution in [2.45, 2.75) is 11.8 Å². The van der Waals surface area contributed by atoms with Crippen molar-refractivity contribution in [2.75, 3.05) is 5.75 Å². The lowest BCUT2D eigenvalue weighted by Crippen LogP contribution is -1.92. The van der Waals surface area contributed by atoms with Crippen LogP contribution in [0.2, 0.25) is 5.02 Å². The number of carbonyl (C=O) groups is 1. The van der Waals surface area contributed by atoms with Gasteiger partial charge in [0, 0.05) is 27.2 Å². The van der Waals surface area contributed by atoms with Gasteiger partial charge in [-0.1, -0.05) is 24.6 Å². The zero-order valence-electron chi connectivity index (χ0n) is 11.5. The Morgan fingerprint density at radius 3 is 2.81 bits per heavy atom. The quantitative estimate of drug-likeness (QED) is 0.488. The molecule has 0 aliphatic heterocycles. The highest BCUT2D eigenvalue weighted by Gasteiger charge is 2.14. The molecule has 3 rings (SSSR count). The van der Waals surface area contributed by atoms with E-state index in [-0.39, 0.29) is 0 Å². The lowest BCUT2D eigenvalue weighted by Gasteiger charge is -2.08. The zero-order valence-corrected chi connectivity index (χ0v) is 13.1. The fourth-order valence-electron chi connectivity index (χ4n) is 2.47. The van der Waals surface area contributed by atoms with Gasteiger partial charge in [-0.05, 0) is 47.7 Å². The Morgan fingerprint density at radius 2 is 2.05 bits per heavy atom. The number of fused-ring (bicyclic) bond motifs is 1. The molecule has 0 bridgehead atoms. The summed E-state index contributed by atoms with van der Waals surface area (Å²) in [6.45, 7) is 2.11.